The third-order valence-electron chi connectivity index (χ3n) is 4.04. The zero-order valence-corrected chi connectivity index (χ0v) is 12.1. The molecule has 2 rings (SSSR count). The van der Waals surface area contributed by atoms with Gasteiger partial charge < -0.3 is 5.11 Å². The Kier molecular flexibility index (Phi) is 4.07. The number of hydrogen-bond donors (Lipinski definition) is 1. The number of carboxylic acid groups (broad SMARTS) is 1. The zero-order valence-electron chi connectivity index (χ0n) is 11.3. The molecule has 1 saturated heterocycles. The number of likely N-dealkylation sites (tertiary alicyclic amines) is 1. The number of aromatic carboxylic acids is 1. The summed E-state index contributed by atoms with van der Waals surface area (Å²) in [4.78, 5) is 15.0. The standard InChI is InChI=1S/C14H21NO2S/c1-9-4-5-15(7-10(9)2)8-12-6-13(14(16)17)18-11(12)3/h6,9-10H,4-5,7-8H2,1-3H3,(H,16,17). The Morgan fingerprint density at radius 3 is 2.78 bits per heavy atom. The molecule has 18 heavy (non-hydrogen) atoms. The highest BCUT2D eigenvalue weighted by molar-refractivity contribution is 7.14. The molecule has 1 aliphatic rings. The van der Waals surface area contributed by atoms with Crippen molar-refractivity contribution in [1.29, 1.82) is 0 Å². The van der Waals surface area contributed by atoms with Crippen LogP contribution in [-0.4, -0.2) is 29.1 Å². The van der Waals surface area contributed by atoms with Gasteiger partial charge in [0.25, 0.3) is 0 Å². The summed E-state index contributed by atoms with van der Waals surface area (Å²) in [6.07, 6.45) is 1.25. The van der Waals surface area contributed by atoms with Gasteiger partial charge in [-0.2, -0.15) is 0 Å². The summed E-state index contributed by atoms with van der Waals surface area (Å²) in [5.74, 6) is 0.728. The van der Waals surface area contributed by atoms with Gasteiger partial charge >= 0.3 is 5.97 Å². The van der Waals surface area contributed by atoms with Gasteiger partial charge in [0.05, 0.1) is 0 Å². The van der Waals surface area contributed by atoms with Crippen molar-refractivity contribution in [2.24, 2.45) is 11.8 Å². The van der Waals surface area contributed by atoms with Crippen LogP contribution in [0.4, 0.5) is 0 Å². The average Bonchev–Trinajstić information content (AvgIpc) is 2.66. The van der Waals surface area contributed by atoms with Crippen molar-refractivity contribution >= 4 is 17.3 Å². The number of piperidine rings is 1. The van der Waals surface area contributed by atoms with E-state index in [0.717, 1.165) is 36.3 Å². The maximum Gasteiger partial charge on any atom is 0.345 e. The van der Waals surface area contributed by atoms with Gasteiger partial charge in [0.15, 0.2) is 0 Å². The number of aryl methyl sites for hydroxylation is 1. The first-order chi connectivity index (χ1) is 8.47. The lowest BCUT2D eigenvalue weighted by Crippen LogP contribution is -2.37. The van der Waals surface area contributed by atoms with E-state index in [1.54, 1.807) is 0 Å². The molecule has 2 atom stereocenters. The molecular formula is C14H21NO2S. The molecule has 0 saturated carbocycles. The Morgan fingerprint density at radius 2 is 2.22 bits per heavy atom. The third kappa shape index (κ3) is 2.93. The van der Waals surface area contributed by atoms with Crippen molar-refractivity contribution in [3.05, 3.63) is 21.4 Å². The molecule has 2 unspecified atom stereocenters. The molecule has 1 aromatic heterocycles. The quantitative estimate of drug-likeness (QED) is 0.914. The molecule has 2 heterocycles. The summed E-state index contributed by atoms with van der Waals surface area (Å²) in [5, 5.41) is 9.00. The first-order valence-electron chi connectivity index (χ1n) is 6.52. The highest BCUT2D eigenvalue weighted by Crippen LogP contribution is 2.27. The molecule has 1 fully saturated rings. The lowest BCUT2D eigenvalue weighted by molar-refractivity contribution is 0.0702. The second-order valence-electron chi connectivity index (χ2n) is 5.48. The van der Waals surface area contributed by atoms with E-state index >= 15 is 0 Å². The van der Waals surface area contributed by atoms with E-state index in [4.69, 9.17) is 5.11 Å². The van der Waals surface area contributed by atoms with Crippen molar-refractivity contribution in [2.75, 3.05) is 13.1 Å². The molecule has 0 aliphatic carbocycles. The number of rotatable bonds is 3. The predicted octanol–water partition coefficient (Wildman–Crippen LogP) is 3.23. The topological polar surface area (TPSA) is 40.5 Å². The maximum absolute atomic E-state index is 11.0. The van der Waals surface area contributed by atoms with Gasteiger partial charge in [-0.05, 0) is 43.4 Å². The van der Waals surface area contributed by atoms with Crippen LogP contribution in [0.2, 0.25) is 0 Å². The van der Waals surface area contributed by atoms with Gasteiger partial charge in [-0.15, -0.1) is 11.3 Å². The van der Waals surface area contributed by atoms with Crippen molar-refractivity contribution in [3.8, 4) is 0 Å². The fourth-order valence-corrected chi connectivity index (χ4v) is 3.39. The molecule has 0 bridgehead atoms. The van der Waals surface area contributed by atoms with Crippen molar-refractivity contribution in [2.45, 2.75) is 33.7 Å². The largest absolute Gasteiger partial charge is 0.477 e. The van der Waals surface area contributed by atoms with Crippen LogP contribution in [0.15, 0.2) is 6.07 Å². The molecule has 1 aromatic rings. The minimum atomic E-state index is -0.810. The van der Waals surface area contributed by atoms with Gasteiger partial charge in [-0.1, -0.05) is 13.8 Å². The van der Waals surface area contributed by atoms with Crippen LogP contribution in [0.1, 0.15) is 40.4 Å². The number of carboxylic acids is 1. The molecule has 100 valence electrons. The molecule has 4 heteroatoms. The minimum Gasteiger partial charge on any atom is -0.477 e. The molecule has 0 aromatic carbocycles. The number of thiophene rings is 1. The van der Waals surface area contributed by atoms with E-state index in [2.05, 4.69) is 18.7 Å². The summed E-state index contributed by atoms with van der Waals surface area (Å²) in [5.41, 5.74) is 1.18. The van der Waals surface area contributed by atoms with Crippen LogP contribution in [0.25, 0.3) is 0 Å². The van der Waals surface area contributed by atoms with Crippen molar-refractivity contribution in [1.82, 2.24) is 4.90 Å². The van der Waals surface area contributed by atoms with Gasteiger partial charge in [0, 0.05) is 18.0 Å². The highest BCUT2D eigenvalue weighted by atomic mass is 32.1. The van der Waals surface area contributed by atoms with Gasteiger partial charge in [0.1, 0.15) is 4.88 Å². The predicted molar refractivity (Wildman–Crippen MR) is 74.2 cm³/mol. The van der Waals surface area contributed by atoms with Crippen LogP contribution >= 0.6 is 11.3 Å². The Labute approximate surface area is 112 Å². The van der Waals surface area contributed by atoms with E-state index in [9.17, 15) is 4.79 Å². The lowest BCUT2D eigenvalue weighted by Gasteiger charge is -2.35. The molecule has 0 amide bonds. The SMILES string of the molecule is Cc1sc(C(=O)O)cc1CN1CCC(C)C(C)C1. The van der Waals surface area contributed by atoms with Gasteiger partial charge in [0.2, 0.25) is 0 Å². The molecule has 0 spiro atoms. The van der Waals surface area contributed by atoms with E-state index in [0.29, 0.717) is 4.88 Å². The molecule has 0 radical (unpaired) electrons. The number of carbonyl (C=O) groups is 1. The fraction of sp³-hybridized carbons (Fsp3) is 0.643. The highest BCUT2D eigenvalue weighted by Gasteiger charge is 2.23. The smallest absolute Gasteiger partial charge is 0.345 e. The number of nitrogens with zero attached hydrogens (tertiary/aromatic N) is 1. The molecular weight excluding hydrogens is 246 g/mol. The minimum absolute atomic E-state index is 0.459. The maximum atomic E-state index is 11.0. The summed E-state index contributed by atoms with van der Waals surface area (Å²) in [7, 11) is 0. The summed E-state index contributed by atoms with van der Waals surface area (Å²) in [6.45, 7) is 9.79. The van der Waals surface area contributed by atoms with Gasteiger partial charge in [-0.25, -0.2) is 4.79 Å². The van der Waals surface area contributed by atoms with E-state index in [1.165, 1.54) is 23.3 Å². The third-order valence-corrected chi connectivity index (χ3v) is 5.12. The lowest BCUT2D eigenvalue weighted by atomic mass is 9.88. The Morgan fingerprint density at radius 1 is 1.50 bits per heavy atom. The van der Waals surface area contributed by atoms with Crippen LogP contribution in [-0.2, 0) is 6.54 Å². The number of hydrogen-bond acceptors (Lipinski definition) is 3. The van der Waals surface area contributed by atoms with E-state index in [-0.39, 0.29) is 0 Å². The van der Waals surface area contributed by atoms with Crippen molar-refractivity contribution < 1.29 is 9.90 Å². The summed E-state index contributed by atoms with van der Waals surface area (Å²) in [6, 6.07) is 1.84. The van der Waals surface area contributed by atoms with E-state index < -0.39 is 5.97 Å². The first kappa shape index (κ1) is 13.6. The van der Waals surface area contributed by atoms with Gasteiger partial charge in [-0.3, -0.25) is 4.90 Å². The van der Waals surface area contributed by atoms with E-state index in [1.807, 2.05) is 13.0 Å². The second kappa shape index (κ2) is 5.41. The molecule has 1 aliphatic heterocycles. The average molecular weight is 267 g/mol. The van der Waals surface area contributed by atoms with Crippen molar-refractivity contribution in [3.63, 3.8) is 0 Å². The zero-order chi connectivity index (χ0) is 13.3. The van der Waals surface area contributed by atoms with Crippen LogP contribution in [0.3, 0.4) is 0 Å². The Balaban J connectivity index is 2.03. The molecule has 1 N–H and O–H groups in total. The van der Waals surface area contributed by atoms with Crippen LogP contribution < -0.4 is 0 Å². The summed E-state index contributed by atoms with van der Waals surface area (Å²) < 4.78 is 0. The van der Waals surface area contributed by atoms with Crippen LogP contribution in [0, 0.1) is 18.8 Å². The Hall–Kier alpha value is -0.870. The van der Waals surface area contributed by atoms with Crippen LogP contribution in [0.5, 0.6) is 0 Å². The normalized spacial score (nSPS) is 25.3. The Bertz CT molecular complexity index is 441. The fourth-order valence-electron chi connectivity index (χ4n) is 2.52. The molecule has 3 nitrogen and oxygen atoms in total. The summed E-state index contributed by atoms with van der Waals surface area (Å²) >= 11 is 1.39. The first-order valence-corrected chi connectivity index (χ1v) is 7.34. The monoisotopic (exact) mass is 267 g/mol. The second-order valence-corrected chi connectivity index (χ2v) is 6.73.